The van der Waals surface area contributed by atoms with Crippen molar-refractivity contribution in [3.8, 4) is 0 Å². The van der Waals surface area contributed by atoms with Gasteiger partial charge in [0, 0.05) is 7.05 Å². The number of benzene rings is 2. The lowest BCUT2D eigenvalue weighted by Gasteiger charge is -2.28. The standard InChI is InChI=1S/C19H18N2O3/c1-12-8-10-13(11-9-12)16-15-17(19(23)20(2)18(15)22)24-21(16)14-6-4-3-5-7-14/h3-11,15-17H,1-2H3/t15-,16-,17-/m0/s1. The Kier molecular flexibility index (Phi) is 3.39. The number of para-hydroxylation sites is 1. The Morgan fingerprint density at radius 1 is 0.917 bits per heavy atom. The number of likely N-dealkylation sites (N-methyl/N-ethyl adjacent to an activating group) is 1. The van der Waals surface area contributed by atoms with E-state index in [1.807, 2.05) is 61.5 Å². The maximum atomic E-state index is 12.6. The summed E-state index contributed by atoms with van der Waals surface area (Å²) >= 11 is 0. The van der Waals surface area contributed by atoms with Gasteiger partial charge in [-0.15, -0.1) is 0 Å². The van der Waals surface area contributed by atoms with Gasteiger partial charge in [-0.05, 0) is 24.6 Å². The van der Waals surface area contributed by atoms with E-state index in [0.717, 1.165) is 16.8 Å². The van der Waals surface area contributed by atoms with Crippen molar-refractivity contribution in [2.45, 2.75) is 19.1 Å². The molecule has 2 fully saturated rings. The highest BCUT2D eigenvalue weighted by atomic mass is 16.7. The number of carbonyl (C=O) groups excluding carboxylic acids is 2. The van der Waals surface area contributed by atoms with Gasteiger partial charge >= 0.3 is 0 Å². The maximum absolute atomic E-state index is 12.6. The summed E-state index contributed by atoms with van der Waals surface area (Å²) < 4.78 is 0. The van der Waals surface area contributed by atoms with Crippen LogP contribution in [0.4, 0.5) is 5.69 Å². The van der Waals surface area contributed by atoms with Crippen molar-refractivity contribution in [2.75, 3.05) is 12.1 Å². The summed E-state index contributed by atoms with van der Waals surface area (Å²) in [6.07, 6.45) is -0.756. The molecule has 0 bridgehead atoms. The number of carbonyl (C=O) groups is 2. The average molecular weight is 322 g/mol. The first-order valence-corrected chi connectivity index (χ1v) is 7.97. The molecule has 2 aliphatic rings. The van der Waals surface area contributed by atoms with Gasteiger partial charge in [-0.2, -0.15) is 0 Å². The fourth-order valence-electron chi connectivity index (χ4n) is 3.45. The summed E-state index contributed by atoms with van der Waals surface area (Å²) in [5.74, 6) is -0.986. The number of fused-ring (bicyclic) bond motifs is 1. The van der Waals surface area contributed by atoms with Crippen LogP contribution in [-0.2, 0) is 14.4 Å². The summed E-state index contributed by atoms with van der Waals surface area (Å²) in [6.45, 7) is 2.02. The molecule has 122 valence electrons. The number of rotatable bonds is 2. The molecule has 3 atom stereocenters. The monoisotopic (exact) mass is 322 g/mol. The van der Waals surface area contributed by atoms with E-state index in [1.165, 1.54) is 11.9 Å². The fraction of sp³-hybridized carbons (Fsp3) is 0.263. The van der Waals surface area contributed by atoms with Gasteiger partial charge in [0.15, 0.2) is 6.10 Å². The van der Waals surface area contributed by atoms with Gasteiger partial charge in [0.25, 0.3) is 5.91 Å². The fourth-order valence-corrected chi connectivity index (χ4v) is 3.45. The van der Waals surface area contributed by atoms with Gasteiger partial charge in [0.2, 0.25) is 5.91 Å². The molecule has 2 amide bonds. The SMILES string of the molecule is Cc1ccc([C@H]2[C@@H]3C(=O)N(C)C(=O)[C@H]3ON2c2ccccc2)cc1. The lowest BCUT2D eigenvalue weighted by Crippen LogP contribution is -2.34. The molecule has 2 saturated heterocycles. The Morgan fingerprint density at radius 3 is 2.25 bits per heavy atom. The van der Waals surface area contributed by atoms with Crippen molar-refractivity contribution in [2.24, 2.45) is 5.92 Å². The summed E-state index contributed by atoms with van der Waals surface area (Å²) in [4.78, 5) is 32.1. The number of imide groups is 1. The van der Waals surface area contributed by atoms with Crippen molar-refractivity contribution in [3.05, 3.63) is 65.7 Å². The number of hydrogen-bond acceptors (Lipinski definition) is 4. The number of aryl methyl sites for hydroxylation is 1. The van der Waals surface area contributed by atoms with E-state index in [9.17, 15) is 9.59 Å². The van der Waals surface area contributed by atoms with Crippen molar-refractivity contribution >= 4 is 17.5 Å². The largest absolute Gasteiger partial charge is 0.283 e. The molecule has 0 N–H and O–H groups in total. The number of amides is 2. The molecule has 5 heteroatoms. The molecule has 2 aromatic rings. The maximum Gasteiger partial charge on any atom is 0.261 e. The molecular weight excluding hydrogens is 304 g/mol. The quantitative estimate of drug-likeness (QED) is 0.797. The molecular formula is C19H18N2O3. The highest BCUT2D eigenvalue weighted by Crippen LogP contribution is 2.46. The molecule has 0 saturated carbocycles. The minimum Gasteiger partial charge on any atom is -0.283 e. The van der Waals surface area contributed by atoms with E-state index in [-0.39, 0.29) is 17.9 Å². The van der Waals surface area contributed by atoms with Crippen LogP contribution < -0.4 is 5.06 Å². The molecule has 0 radical (unpaired) electrons. The third-order valence-electron chi connectivity index (χ3n) is 4.77. The van der Waals surface area contributed by atoms with Crippen LogP contribution in [0.25, 0.3) is 0 Å². The predicted octanol–water partition coefficient (Wildman–Crippen LogP) is 2.47. The number of anilines is 1. The van der Waals surface area contributed by atoms with Gasteiger partial charge in [-0.3, -0.25) is 19.3 Å². The lowest BCUT2D eigenvalue weighted by atomic mass is 9.90. The minimum absolute atomic E-state index is 0.186. The van der Waals surface area contributed by atoms with Gasteiger partial charge in [0.05, 0.1) is 11.7 Å². The Bertz CT molecular complexity index is 788. The first-order chi connectivity index (χ1) is 11.6. The lowest BCUT2D eigenvalue weighted by molar-refractivity contribution is -0.141. The molecule has 24 heavy (non-hydrogen) atoms. The number of hydroxylamine groups is 1. The summed E-state index contributed by atoms with van der Waals surface area (Å²) in [5.41, 5.74) is 2.94. The van der Waals surface area contributed by atoms with Gasteiger partial charge in [-0.25, -0.2) is 5.06 Å². The van der Waals surface area contributed by atoms with Crippen LogP contribution in [0.15, 0.2) is 54.6 Å². The van der Waals surface area contributed by atoms with Crippen LogP contribution in [0.5, 0.6) is 0 Å². The molecule has 2 heterocycles. The van der Waals surface area contributed by atoms with E-state index in [4.69, 9.17) is 4.84 Å². The molecule has 4 rings (SSSR count). The van der Waals surface area contributed by atoms with Gasteiger partial charge < -0.3 is 0 Å². The molecule has 0 aromatic heterocycles. The second-order valence-corrected chi connectivity index (χ2v) is 6.30. The zero-order valence-electron chi connectivity index (χ0n) is 13.5. The van der Waals surface area contributed by atoms with E-state index >= 15 is 0 Å². The summed E-state index contributed by atoms with van der Waals surface area (Å²) in [5, 5.41) is 1.71. The zero-order chi connectivity index (χ0) is 16.8. The molecule has 2 aliphatic heterocycles. The smallest absolute Gasteiger partial charge is 0.261 e. The summed E-state index contributed by atoms with van der Waals surface area (Å²) in [6, 6.07) is 17.3. The molecule has 5 nitrogen and oxygen atoms in total. The van der Waals surface area contributed by atoms with Gasteiger partial charge in [0.1, 0.15) is 5.92 Å². The van der Waals surface area contributed by atoms with E-state index in [0.29, 0.717) is 0 Å². The van der Waals surface area contributed by atoms with Crippen molar-refractivity contribution < 1.29 is 14.4 Å². The normalized spacial score (nSPS) is 26.2. The number of likely N-dealkylation sites (tertiary alicyclic amines) is 1. The molecule has 0 unspecified atom stereocenters. The van der Waals surface area contributed by atoms with Crippen LogP contribution in [-0.4, -0.2) is 29.9 Å². The van der Waals surface area contributed by atoms with E-state index in [2.05, 4.69) is 0 Å². The van der Waals surface area contributed by atoms with Crippen LogP contribution in [0, 0.1) is 12.8 Å². The summed E-state index contributed by atoms with van der Waals surface area (Å²) in [7, 11) is 1.52. The first-order valence-electron chi connectivity index (χ1n) is 7.97. The van der Waals surface area contributed by atoms with Crippen molar-refractivity contribution in [1.29, 1.82) is 0 Å². The van der Waals surface area contributed by atoms with E-state index < -0.39 is 12.0 Å². The van der Waals surface area contributed by atoms with Gasteiger partial charge in [-0.1, -0.05) is 48.0 Å². The number of nitrogens with zero attached hydrogens (tertiary/aromatic N) is 2. The third kappa shape index (κ3) is 2.12. The average Bonchev–Trinajstić information content (AvgIpc) is 3.09. The Hall–Kier alpha value is -2.66. The predicted molar refractivity (Wildman–Crippen MR) is 89.0 cm³/mol. The topological polar surface area (TPSA) is 49.9 Å². The molecule has 0 spiro atoms. The Balaban J connectivity index is 1.81. The minimum atomic E-state index is -0.756. The second kappa shape index (κ2) is 5.46. The number of hydrogen-bond donors (Lipinski definition) is 0. The van der Waals surface area contributed by atoms with E-state index in [1.54, 1.807) is 5.06 Å². The first kappa shape index (κ1) is 14.9. The van der Waals surface area contributed by atoms with Crippen molar-refractivity contribution in [3.63, 3.8) is 0 Å². The second-order valence-electron chi connectivity index (χ2n) is 6.30. The van der Waals surface area contributed by atoms with Crippen molar-refractivity contribution in [1.82, 2.24) is 4.90 Å². The zero-order valence-corrected chi connectivity index (χ0v) is 13.5. The van der Waals surface area contributed by atoms with Crippen LogP contribution in [0.1, 0.15) is 17.2 Å². The highest BCUT2D eigenvalue weighted by Gasteiger charge is 2.58. The highest BCUT2D eigenvalue weighted by molar-refractivity contribution is 6.07. The van der Waals surface area contributed by atoms with Crippen LogP contribution >= 0.6 is 0 Å². The van der Waals surface area contributed by atoms with Crippen LogP contribution in [0.2, 0.25) is 0 Å². The third-order valence-corrected chi connectivity index (χ3v) is 4.77. The Labute approximate surface area is 140 Å². The van der Waals surface area contributed by atoms with Crippen LogP contribution in [0.3, 0.4) is 0 Å². The molecule has 0 aliphatic carbocycles. The Morgan fingerprint density at radius 2 is 1.58 bits per heavy atom. The molecule has 2 aromatic carbocycles.